The molecule has 1 atom stereocenters. The highest BCUT2D eigenvalue weighted by atomic mass is 79.9. The molecule has 0 aliphatic carbocycles. The van der Waals surface area contributed by atoms with Crippen molar-refractivity contribution in [3.63, 3.8) is 0 Å². The summed E-state index contributed by atoms with van der Waals surface area (Å²) in [4.78, 5) is 0. The van der Waals surface area contributed by atoms with Crippen molar-refractivity contribution in [2.24, 2.45) is 5.92 Å². The smallest absolute Gasteiger partial charge is 0.312 e. The summed E-state index contributed by atoms with van der Waals surface area (Å²) in [6.07, 6.45) is -11.0. The fraction of sp³-hybridized carbons (Fsp3) is 0.455. The molecule has 0 amide bonds. The molecule has 0 aliphatic heterocycles. The quantitative estimate of drug-likeness (QED) is 0.770. The van der Waals surface area contributed by atoms with Crippen molar-refractivity contribution in [1.29, 1.82) is 0 Å². The average molecular weight is 368 g/mol. The molecule has 0 aliphatic rings. The second-order valence-corrected chi connectivity index (χ2v) is 4.86. The van der Waals surface area contributed by atoms with E-state index in [1.54, 1.807) is 0 Å². The Labute approximate surface area is 118 Å². The van der Waals surface area contributed by atoms with Crippen LogP contribution in [0.4, 0.5) is 30.7 Å². The first-order chi connectivity index (χ1) is 8.98. The van der Waals surface area contributed by atoms with E-state index in [0.29, 0.717) is 0 Å². The molecule has 0 bridgehead atoms. The molecule has 1 nitrogen and oxygen atoms in total. The van der Waals surface area contributed by atoms with Crippen molar-refractivity contribution in [2.45, 2.75) is 18.4 Å². The summed E-state index contributed by atoms with van der Waals surface area (Å²) >= 11 is 2.73. The second-order valence-electron chi connectivity index (χ2n) is 4.00. The zero-order chi connectivity index (χ0) is 15.7. The highest BCUT2D eigenvalue weighted by molar-refractivity contribution is 9.10. The van der Waals surface area contributed by atoms with E-state index in [1.165, 1.54) is 0 Å². The Morgan fingerprint density at radius 1 is 1.05 bits per heavy atom. The molecule has 1 aromatic rings. The van der Waals surface area contributed by atoms with E-state index >= 15 is 0 Å². The van der Waals surface area contributed by atoms with Crippen LogP contribution in [0.25, 0.3) is 0 Å². The molecule has 0 aromatic heterocycles. The molecular weight excluding hydrogens is 359 g/mol. The maximum atomic E-state index is 13.0. The predicted molar refractivity (Wildman–Crippen MR) is 61.5 cm³/mol. The first-order valence-electron chi connectivity index (χ1n) is 5.24. The van der Waals surface area contributed by atoms with Gasteiger partial charge < -0.3 is 5.32 Å². The number of alkyl halides is 6. The van der Waals surface area contributed by atoms with Gasteiger partial charge in [-0.25, -0.2) is 4.39 Å². The number of rotatable bonds is 3. The lowest BCUT2D eigenvalue weighted by Gasteiger charge is -2.30. The zero-order valence-electron chi connectivity index (χ0n) is 9.91. The van der Waals surface area contributed by atoms with Crippen molar-refractivity contribution in [1.82, 2.24) is 5.32 Å². The summed E-state index contributed by atoms with van der Waals surface area (Å²) < 4.78 is 88.9. The molecule has 1 N–H and O–H groups in total. The summed E-state index contributed by atoms with van der Waals surface area (Å²) in [5.74, 6) is -4.36. The minimum atomic E-state index is -5.48. The van der Waals surface area contributed by atoms with Crippen molar-refractivity contribution in [3.05, 3.63) is 34.1 Å². The predicted octanol–water partition coefficient (Wildman–Crippen LogP) is 4.59. The van der Waals surface area contributed by atoms with Gasteiger partial charge in [-0.15, -0.1) is 0 Å². The van der Waals surface area contributed by atoms with Gasteiger partial charge in [0.05, 0.1) is 10.5 Å². The van der Waals surface area contributed by atoms with E-state index in [2.05, 4.69) is 15.9 Å². The zero-order valence-corrected chi connectivity index (χ0v) is 11.5. The lowest BCUT2D eigenvalue weighted by molar-refractivity contribution is -0.292. The number of hydrogen-bond donors (Lipinski definition) is 1. The standard InChI is InChI=1S/C11H9BrF7N/c1-20-8(5-2-3-7(13)6(12)4-5)9(10(14,15)16)11(17,18)19/h2-4,8-9,20H,1H3. The van der Waals surface area contributed by atoms with Gasteiger partial charge in [-0.2, -0.15) is 26.3 Å². The van der Waals surface area contributed by atoms with Gasteiger partial charge in [0, 0.05) is 0 Å². The molecule has 9 heteroatoms. The van der Waals surface area contributed by atoms with E-state index in [1.807, 2.05) is 5.32 Å². The molecule has 1 rings (SSSR count). The third kappa shape index (κ3) is 3.85. The minimum Gasteiger partial charge on any atom is -0.312 e. The normalized spacial score (nSPS) is 14.7. The van der Waals surface area contributed by atoms with E-state index < -0.39 is 30.1 Å². The second kappa shape index (κ2) is 5.88. The van der Waals surface area contributed by atoms with Gasteiger partial charge in [-0.05, 0) is 40.7 Å². The van der Waals surface area contributed by atoms with E-state index in [-0.39, 0.29) is 10.0 Å². The average Bonchev–Trinajstić information content (AvgIpc) is 2.26. The van der Waals surface area contributed by atoms with Crippen molar-refractivity contribution in [3.8, 4) is 0 Å². The third-order valence-corrected chi connectivity index (χ3v) is 3.26. The Hall–Kier alpha value is -0.830. The molecule has 0 radical (unpaired) electrons. The Morgan fingerprint density at radius 3 is 1.90 bits per heavy atom. The molecule has 20 heavy (non-hydrogen) atoms. The summed E-state index contributed by atoms with van der Waals surface area (Å²) in [5, 5.41) is 1.99. The molecule has 0 fully saturated rings. The third-order valence-electron chi connectivity index (χ3n) is 2.65. The van der Waals surface area contributed by atoms with Crippen LogP contribution in [0.2, 0.25) is 0 Å². The summed E-state index contributed by atoms with van der Waals surface area (Å²) in [7, 11) is 0.979. The number of benzene rings is 1. The molecule has 1 unspecified atom stereocenters. The molecule has 0 saturated carbocycles. The Morgan fingerprint density at radius 2 is 1.55 bits per heavy atom. The van der Waals surface area contributed by atoms with Gasteiger partial charge in [-0.1, -0.05) is 6.07 Å². The van der Waals surface area contributed by atoms with Gasteiger partial charge in [-0.3, -0.25) is 0 Å². The fourth-order valence-electron chi connectivity index (χ4n) is 1.80. The molecule has 1 aromatic carbocycles. The lowest BCUT2D eigenvalue weighted by atomic mass is 9.92. The Balaban J connectivity index is 3.30. The maximum absolute atomic E-state index is 13.0. The van der Waals surface area contributed by atoms with Crippen LogP contribution in [-0.2, 0) is 0 Å². The molecule has 0 heterocycles. The summed E-state index contributed by atoms with van der Waals surface area (Å²) in [5.41, 5.74) is -0.319. The van der Waals surface area contributed by atoms with E-state index in [9.17, 15) is 30.7 Å². The van der Waals surface area contributed by atoms with Crippen LogP contribution in [0, 0.1) is 11.7 Å². The molecule has 114 valence electrons. The summed E-state index contributed by atoms with van der Waals surface area (Å²) in [6.45, 7) is 0. The Kier molecular flexibility index (Phi) is 5.07. The van der Waals surface area contributed by atoms with Crippen LogP contribution >= 0.6 is 15.9 Å². The van der Waals surface area contributed by atoms with Gasteiger partial charge >= 0.3 is 12.4 Å². The van der Waals surface area contributed by atoms with Gasteiger partial charge in [0.1, 0.15) is 5.82 Å². The molecule has 0 spiro atoms. The molecular formula is C11H9BrF7N. The maximum Gasteiger partial charge on any atom is 0.402 e. The number of hydrogen-bond acceptors (Lipinski definition) is 1. The topological polar surface area (TPSA) is 12.0 Å². The van der Waals surface area contributed by atoms with Crippen LogP contribution in [0.1, 0.15) is 11.6 Å². The van der Waals surface area contributed by atoms with E-state index in [0.717, 1.165) is 25.2 Å². The fourth-order valence-corrected chi connectivity index (χ4v) is 2.19. The van der Waals surface area contributed by atoms with Crippen molar-refractivity contribution >= 4 is 15.9 Å². The van der Waals surface area contributed by atoms with Gasteiger partial charge in [0.25, 0.3) is 0 Å². The van der Waals surface area contributed by atoms with Gasteiger partial charge in [0.15, 0.2) is 5.92 Å². The van der Waals surface area contributed by atoms with Crippen LogP contribution < -0.4 is 5.32 Å². The first-order valence-corrected chi connectivity index (χ1v) is 6.03. The SMILES string of the molecule is CNC(c1ccc(F)c(Br)c1)C(C(F)(F)F)C(F)(F)F. The van der Waals surface area contributed by atoms with E-state index in [4.69, 9.17) is 0 Å². The molecule has 0 saturated heterocycles. The summed E-state index contributed by atoms with van der Waals surface area (Å²) in [6, 6.07) is 0.507. The van der Waals surface area contributed by atoms with Crippen LogP contribution in [-0.4, -0.2) is 19.4 Å². The largest absolute Gasteiger partial charge is 0.402 e. The highest BCUT2D eigenvalue weighted by Gasteiger charge is 2.60. The van der Waals surface area contributed by atoms with Crippen molar-refractivity contribution in [2.75, 3.05) is 7.05 Å². The van der Waals surface area contributed by atoms with Crippen LogP contribution in [0.3, 0.4) is 0 Å². The lowest BCUT2D eigenvalue weighted by Crippen LogP contribution is -2.45. The highest BCUT2D eigenvalue weighted by Crippen LogP contribution is 2.46. The first kappa shape index (κ1) is 17.2. The van der Waals surface area contributed by atoms with Crippen LogP contribution in [0.5, 0.6) is 0 Å². The van der Waals surface area contributed by atoms with Crippen molar-refractivity contribution < 1.29 is 30.7 Å². The minimum absolute atomic E-state index is 0.210. The van der Waals surface area contributed by atoms with Crippen LogP contribution in [0.15, 0.2) is 22.7 Å². The Bertz CT molecular complexity index is 455. The van der Waals surface area contributed by atoms with Gasteiger partial charge in [0.2, 0.25) is 0 Å². The monoisotopic (exact) mass is 367 g/mol. The number of halogens is 8. The number of nitrogens with one attached hydrogen (secondary N) is 1.